The molecule has 0 unspecified atom stereocenters. The number of rotatable bonds is 7. The average molecular weight is 489 g/mol. The van der Waals surface area contributed by atoms with Crippen LogP contribution in [0.5, 0.6) is 0 Å². The summed E-state index contributed by atoms with van der Waals surface area (Å²) in [5.41, 5.74) is 3.00. The van der Waals surface area contributed by atoms with Crippen molar-refractivity contribution in [3.8, 4) is 0 Å². The molecular weight excluding hydrogens is 460 g/mol. The molecule has 37 heavy (non-hydrogen) atoms. The summed E-state index contributed by atoms with van der Waals surface area (Å²) in [6.07, 6.45) is 1.76. The Kier molecular flexibility index (Phi) is 6.49. The summed E-state index contributed by atoms with van der Waals surface area (Å²) in [5.74, 6) is -1.74. The summed E-state index contributed by atoms with van der Waals surface area (Å²) in [5, 5.41) is 0. The van der Waals surface area contributed by atoms with Crippen molar-refractivity contribution in [1.82, 2.24) is 0 Å². The van der Waals surface area contributed by atoms with E-state index in [9.17, 15) is 9.59 Å². The number of hydrogen-bond acceptors (Lipinski definition) is 4. The van der Waals surface area contributed by atoms with Gasteiger partial charge in [0, 0.05) is 16.7 Å². The molecule has 0 N–H and O–H groups in total. The summed E-state index contributed by atoms with van der Waals surface area (Å²) < 4.78 is 10.0. The van der Waals surface area contributed by atoms with Crippen molar-refractivity contribution < 1.29 is 19.1 Å². The van der Waals surface area contributed by atoms with Crippen molar-refractivity contribution in [2.75, 3.05) is 14.2 Å². The molecule has 0 amide bonds. The van der Waals surface area contributed by atoms with Crippen LogP contribution < -0.4 is 0 Å². The summed E-state index contributed by atoms with van der Waals surface area (Å²) >= 11 is 0. The minimum atomic E-state index is -0.719. The molecule has 4 aromatic carbocycles. The number of carbonyl (C=O) groups excluding carboxylic acids is 2. The first kappa shape index (κ1) is 24.3. The van der Waals surface area contributed by atoms with Gasteiger partial charge in [-0.05, 0) is 22.3 Å². The van der Waals surface area contributed by atoms with Gasteiger partial charge in [-0.2, -0.15) is 0 Å². The van der Waals surface area contributed by atoms with E-state index >= 15 is 0 Å². The van der Waals surface area contributed by atoms with Gasteiger partial charge in [0.1, 0.15) is 5.57 Å². The van der Waals surface area contributed by atoms with Crippen LogP contribution in [-0.2, 0) is 29.9 Å². The molecule has 184 valence electrons. The van der Waals surface area contributed by atoms with Crippen molar-refractivity contribution in [3.05, 3.63) is 155 Å². The molecule has 0 spiro atoms. The zero-order valence-corrected chi connectivity index (χ0v) is 20.8. The number of allylic oxidation sites excluding steroid dienone is 1. The molecule has 0 heterocycles. The van der Waals surface area contributed by atoms with Crippen molar-refractivity contribution >= 4 is 11.9 Å². The van der Waals surface area contributed by atoms with Crippen LogP contribution in [0.15, 0.2) is 133 Å². The van der Waals surface area contributed by atoms with E-state index in [0.29, 0.717) is 0 Å². The smallest absolute Gasteiger partial charge is 0.344 e. The molecule has 0 radical (unpaired) electrons. The SMILES string of the molecule is COC(=O)C(=CC1C(c2ccccc2)(c2ccccc2)C1(c1ccccc1)c1ccccc1)C(=O)OC. The van der Waals surface area contributed by atoms with Gasteiger partial charge >= 0.3 is 11.9 Å². The molecule has 1 saturated carbocycles. The number of ether oxygens (including phenoxy) is 2. The Hall–Kier alpha value is -4.44. The van der Waals surface area contributed by atoms with Gasteiger partial charge in [-0.15, -0.1) is 0 Å². The Bertz CT molecular complexity index is 1220. The highest BCUT2D eigenvalue weighted by Crippen LogP contribution is 2.76. The zero-order chi connectivity index (χ0) is 25.9. The minimum absolute atomic E-state index is 0.111. The molecule has 0 atom stereocenters. The fourth-order valence-corrected chi connectivity index (χ4v) is 6.13. The van der Waals surface area contributed by atoms with E-state index < -0.39 is 22.8 Å². The van der Waals surface area contributed by atoms with Gasteiger partial charge in [0.2, 0.25) is 0 Å². The Morgan fingerprint density at radius 1 is 0.541 bits per heavy atom. The number of benzene rings is 4. The lowest BCUT2D eigenvalue weighted by Gasteiger charge is -2.28. The first-order chi connectivity index (χ1) is 18.1. The Morgan fingerprint density at radius 2 is 0.811 bits per heavy atom. The third-order valence-electron chi connectivity index (χ3n) is 7.53. The summed E-state index contributed by atoms with van der Waals surface area (Å²) in [4.78, 5) is 25.7. The average Bonchev–Trinajstić information content (AvgIpc) is 3.61. The summed E-state index contributed by atoms with van der Waals surface area (Å²) in [6, 6.07) is 41.2. The van der Waals surface area contributed by atoms with Crippen LogP contribution in [0.2, 0.25) is 0 Å². The third kappa shape index (κ3) is 3.68. The van der Waals surface area contributed by atoms with Crippen LogP contribution in [0, 0.1) is 5.92 Å². The quantitative estimate of drug-likeness (QED) is 0.142. The second-order valence-corrected chi connectivity index (χ2v) is 9.12. The molecule has 1 aliphatic carbocycles. The van der Waals surface area contributed by atoms with Crippen LogP contribution in [0.25, 0.3) is 0 Å². The lowest BCUT2D eigenvalue weighted by atomic mass is 9.74. The molecule has 1 fully saturated rings. The van der Waals surface area contributed by atoms with Gasteiger partial charge in [0.15, 0.2) is 0 Å². The van der Waals surface area contributed by atoms with Crippen LogP contribution in [0.4, 0.5) is 0 Å². The lowest BCUT2D eigenvalue weighted by Crippen LogP contribution is -2.25. The highest BCUT2D eigenvalue weighted by atomic mass is 16.5. The molecule has 4 heteroatoms. The molecule has 5 rings (SSSR count). The predicted molar refractivity (Wildman–Crippen MR) is 143 cm³/mol. The fraction of sp³-hybridized carbons (Fsp3) is 0.152. The summed E-state index contributed by atoms with van der Waals surface area (Å²) in [7, 11) is 2.55. The van der Waals surface area contributed by atoms with E-state index in [1.165, 1.54) is 14.2 Å². The van der Waals surface area contributed by atoms with E-state index in [4.69, 9.17) is 9.47 Å². The fourth-order valence-electron chi connectivity index (χ4n) is 6.13. The molecule has 0 bridgehead atoms. The van der Waals surface area contributed by atoms with Crippen molar-refractivity contribution in [2.24, 2.45) is 5.92 Å². The number of carbonyl (C=O) groups is 2. The second-order valence-electron chi connectivity index (χ2n) is 9.12. The first-order valence-corrected chi connectivity index (χ1v) is 12.2. The van der Waals surface area contributed by atoms with Gasteiger partial charge in [-0.3, -0.25) is 0 Å². The number of methoxy groups -OCH3 is 2. The van der Waals surface area contributed by atoms with Gasteiger partial charge in [0.25, 0.3) is 0 Å². The zero-order valence-electron chi connectivity index (χ0n) is 20.8. The van der Waals surface area contributed by atoms with E-state index in [1.54, 1.807) is 6.08 Å². The highest BCUT2D eigenvalue weighted by Gasteiger charge is 2.78. The van der Waals surface area contributed by atoms with Gasteiger partial charge in [-0.1, -0.05) is 127 Å². The van der Waals surface area contributed by atoms with E-state index in [1.807, 2.05) is 72.8 Å². The second kappa shape index (κ2) is 9.90. The maximum Gasteiger partial charge on any atom is 0.344 e. The van der Waals surface area contributed by atoms with Crippen molar-refractivity contribution in [2.45, 2.75) is 10.8 Å². The monoisotopic (exact) mass is 488 g/mol. The van der Waals surface area contributed by atoms with Gasteiger partial charge in [0.05, 0.1) is 14.2 Å². The molecule has 1 aliphatic rings. The van der Waals surface area contributed by atoms with Crippen molar-refractivity contribution in [1.29, 1.82) is 0 Å². The standard InChI is InChI=1S/C33H28O4/c1-36-30(34)28(31(35)37-2)23-29-32(24-15-7-3-8-16-24,25-17-9-4-10-18-25)33(29,26-19-11-5-12-20-26)27-21-13-6-14-22-27/h3-23,29H,1-2H3. The first-order valence-electron chi connectivity index (χ1n) is 12.2. The lowest BCUT2D eigenvalue weighted by molar-refractivity contribution is -0.144. The Morgan fingerprint density at radius 3 is 1.05 bits per heavy atom. The largest absolute Gasteiger partial charge is 0.465 e. The molecule has 0 saturated heterocycles. The Balaban J connectivity index is 1.93. The van der Waals surface area contributed by atoms with E-state index in [2.05, 4.69) is 48.5 Å². The number of esters is 2. The minimum Gasteiger partial charge on any atom is -0.465 e. The maximum atomic E-state index is 12.9. The maximum absolute atomic E-state index is 12.9. The topological polar surface area (TPSA) is 52.6 Å². The number of hydrogen-bond donors (Lipinski definition) is 0. The van der Waals surface area contributed by atoms with E-state index in [0.717, 1.165) is 22.3 Å². The molecule has 0 aliphatic heterocycles. The molecular formula is C33H28O4. The van der Waals surface area contributed by atoms with Crippen LogP contribution in [-0.4, -0.2) is 26.2 Å². The Labute approximate surface area is 217 Å². The van der Waals surface area contributed by atoms with Gasteiger partial charge < -0.3 is 9.47 Å². The third-order valence-corrected chi connectivity index (χ3v) is 7.53. The highest BCUT2D eigenvalue weighted by molar-refractivity contribution is 6.14. The molecule has 0 aromatic heterocycles. The van der Waals surface area contributed by atoms with Gasteiger partial charge in [-0.25, -0.2) is 9.59 Å². The normalized spacial score (nSPS) is 15.3. The van der Waals surface area contributed by atoms with Crippen LogP contribution >= 0.6 is 0 Å². The molecule has 4 nitrogen and oxygen atoms in total. The van der Waals surface area contributed by atoms with E-state index in [-0.39, 0.29) is 11.5 Å². The van der Waals surface area contributed by atoms with Crippen LogP contribution in [0.3, 0.4) is 0 Å². The predicted octanol–water partition coefficient (Wildman–Crippen LogP) is 5.86. The molecule has 4 aromatic rings. The summed E-state index contributed by atoms with van der Waals surface area (Å²) in [6.45, 7) is 0. The van der Waals surface area contributed by atoms with Crippen molar-refractivity contribution in [3.63, 3.8) is 0 Å². The van der Waals surface area contributed by atoms with Crippen LogP contribution in [0.1, 0.15) is 22.3 Å².